The van der Waals surface area contributed by atoms with E-state index in [1.165, 1.54) is 61.3 Å². The Labute approximate surface area is 350 Å². The Kier molecular flexibility index (Phi) is 7.52. The first-order chi connectivity index (χ1) is 29.5. The molecule has 1 aromatic heterocycles. The van der Waals surface area contributed by atoms with Gasteiger partial charge in [-0.1, -0.05) is 196 Å². The molecule has 0 bridgehead atoms. The Morgan fingerprint density at radius 2 is 0.883 bits per heavy atom. The fourth-order valence-corrected chi connectivity index (χ4v) is 10.8. The minimum absolute atomic E-state index is 0.149. The van der Waals surface area contributed by atoms with Crippen LogP contribution in [0.25, 0.3) is 55.3 Å². The number of hydrogen-bond acceptors (Lipinski definition) is 2. The first-order valence-electron chi connectivity index (χ1n) is 20.9. The van der Waals surface area contributed by atoms with Crippen molar-refractivity contribution in [2.24, 2.45) is 0 Å². The van der Waals surface area contributed by atoms with Crippen molar-refractivity contribution >= 4 is 39.0 Å². The van der Waals surface area contributed by atoms with Crippen molar-refractivity contribution < 1.29 is 4.42 Å². The first-order valence-corrected chi connectivity index (χ1v) is 20.9. The summed E-state index contributed by atoms with van der Waals surface area (Å²) in [5.74, 6) is 0. The molecule has 2 aliphatic carbocycles. The number of anilines is 3. The van der Waals surface area contributed by atoms with E-state index in [0.29, 0.717) is 0 Å². The quantitative estimate of drug-likeness (QED) is 0.168. The van der Waals surface area contributed by atoms with Crippen LogP contribution in [0.4, 0.5) is 17.1 Å². The molecule has 0 amide bonds. The van der Waals surface area contributed by atoms with E-state index < -0.39 is 5.41 Å². The summed E-state index contributed by atoms with van der Waals surface area (Å²) in [7, 11) is 0. The molecule has 2 heteroatoms. The fourth-order valence-electron chi connectivity index (χ4n) is 10.8. The number of nitrogens with zero attached hydrogens (tertiary/aromatic N) is 1. The number of hydrogen-bond donors (Lipinski definition) is 0. The van der Waals surface area contributed by atoms with E-state index in [0.717, 1.165) is 44.4 Å². The zero-order valence-electron chi connectivity index (χ0n) is 33.6. The van der Waals surface area contributed by atoms with Gasteiger partial charge in [0.05, 0.1) is 16.8 Å². The maximum Gasteiger partial charge on any atom is 0.143 e. The monoisotopic (exact) mass is 767 g/mol. The molecular weight excluding hydrogens is 727 g/mol. The van der Waals surface area contributed by atoms with Crippen molar-refractivity contribution in [1.82, 2.24) is 0 Å². The van der Waals surface area contributed by atoms with E-state index in [-0.39, 0.29) is 5.41 Å². The van der Waals surface area contributed by atoms with E-state index in [4.69, 9.17) is 4.42 Å². The zero-order chi connectivity index (χ0) is 40.0. The third-order valence-electron chi connectivity index (χ3n) is 13.4. The lowest BCUT2D eigenvalue weighted by Gasteiger charge is -2.34. The van der Waals surface area contributed by atoms with Crippen molar-refractivity contribution in [1.29, 1.82) is 0 Å². The van der Waals surface area contributed by atoms with Crippen LogP contribution in [0.3, 0.4) is 0 Å². The predicted molar refractivity (Wildman–Crippen MR) is 249 cm³/mol. The first kappa shape index (κ1) is 34.6. The van der Waals surface area contributed by atoms with Gasteiger partial charge in [-0.15, -0.1) is 0 Å². The second-order valence-corrected chi connectivity index (χ2v) is 16.8. The molecule has 0 fully saturated rings. The van der Waals surface area contributed by atoms with Crippen LogP contribution in [0.5, 0.6) is 0 Å². The van der Waals surface area contributed by atoms with Gasteiger partial charge in [0.25, 0.3) is 0 Å². The van der Waals surface area contributed by atoms with Crippen molar-refractivity contribution in [3.05, 3.63) is 246 Å². The number of rotatable bonds is 6. The summed E-state index contributed by atoms with van der Waals surface area (Å²) in [5.41, 5.74) is 19.6. The molecule has 10 aromatic rings. The highest BCUT2D eigenvalue weighted by atomic mass is 16.3. The van der Waals surface area contributed by atoms with Gasteiger partial charge in [-0.2, -0.15) is 0 Å². The Bertz CT molecular complexity index is 3240. The van der Waals surface area contributed by atoms with Gasteiger partial charge in [-0.3, -0.25) is 0 Å². The molecule has 0 saturated carbocycles. The number of fused-ring (bicyclic) bond motifs is 9. The van der Waals surface area contributed by atoms with Crippen molar-refractivity contribution in [3.63, 3.8) is 0 Å². The Morgan fingerprint density at radius 1 is 0.383 bits per heavy atom. The normalized spacial score (nSPS) is 14.1. The van der Waals surface area contributed by atoms with Crippen LogP contribution in [0.15, 0.2) is 217 Å². The Balaban J connectivity index is 1.13. The summed E-state index contributed by atoms with van der Waals surface area (Å²) in [4.78, 5) is 2.53. The SMILES string of the molecule is CC1(C)c2ccccc2-c2c(N(c3ccc(-c4cccc5c4oc4ccccc45)cc3)c3cccc4c3-c3ccccc3C4(c3ccccc3)c3ccccc3)cccc21. The smallest absolute Gasteiger partial charge is 0.143 e. The van der Waals surface area contributed by atoms with Crippen molar-refractivity contribution in [2.45, 2.75) is 24.7 Å². The lowest BCUT2D eigenvalue weighted by atomic mass is 9.68. The molecule has 9 aromatic carbocycles. The van der Waals surface area contributed by atoms with E-state index >= 15 is 0 Å². The highest BCUT2D eigenvalue weighted by Gasteiger charge is 2.47. The van der Waals surface area contributed by atoms with Gasteiger partial charge in [0, 0.05) is 38.6 Å². The summed E-state index contributed by atoms with van der Waals surface area (Å²) >= 11 is 0. The average Bonchev–Trinajstić information content (AvgIpc) is 3.92. The summed E-state index contributed by atoms with van der Waals surface area (Å²) in [6.45, 7) is 4.73. The standard InChI is InChI=1S/C58H41NO/c1-57(2)47-27-12-9-23-45(47)54-49(57)29-16-31-51(54)59(41-36-34-38(35-37-41)42-25-15-26-44-43-22-11-14-33-53(43)60-56(42)44)52-32-17-30-50-55(52)46-24-10-13-28-48(46)58(50,39-18-5-3-6-19-39)40-20-7-4-8-21-40/h3-37H,1-2H3. The summed E-state index contributed by atoms with van der Waals surface area (Å²) < 4.78 is 6.52. The van der Waals surface area contributed by atoms with E-state index in [9.17, 15) is 0 Å². The lowest BCUT2D eigenvalue weighted by Crippen LogP contribution is -2.28. The third kappa shape index (κ3) is 4.76. The molecule has 1 heterocycles. The van der Waals surface area contributed by atoms with Crippen LogP contribution < -0.4 is 4.90 Å². The highest BCUT2D eigenvalue weighted by molar-refractivity contribution is 6.10. The minimum atomic E-state index is -0.515. The molecule has 0 saturated heterocycles. The number of furan rings is 1. The summed E-state index contributed by atoms with van der Waals surface area (Å²) in [6.07, 6.45) is 0. The molecule has 2 aliphatic rings. The number of benzene rings is 9. The van der Waals surface area contributed by atoms with Gasteiger partial charge < -0.3 is 9.32 Å². The van der Waals surface area contributed by atoms with Crippen LogP contribution in [0.2, 0.25) is 0 Å². The fraction of sp³-hybridized carbons (Fsp3) is 0.0690. The topological polar surface area (TPSA) is 16.4 Å². The van der Waals surface area contributed by atoms with Crippen LogP contribution >= 0.6 is 0 Å². The molecule has 0 atom stereocenters. The van der Waals surface area contributed by atoms with Gasteiger partial charge in [0.2, 0.25) is 0 Å². The van der Waals surface area contributed by atoms with Crippen LogP contribution in [0, 0.1) is 0 Å². The van der Waals surface area contributed by atoms with Gasteiger partial charge >= 0.3 is 0 Å². The molecule has 0 unspecified atom stereocenters. The highest BCUT2D eigenvalue weighted by Crippen LogP contribution is 2.61. The minimum Gasteiger partial charge on any atom is -0.455 e. The molecule has 60 heavy (non-hydrogen) atoms. The summed E-state index contributed by atoms with van der Waals surface area (Å²) in [6, 6.07) is 78.0. The van der Waals surface area contributed by atoms with Gasteiger partial charge in [-0.05, 0) is 80.4 Å². The van der Waals surface area contributed by atoms with Crippen molar-refractivity contribution in [3.8, 4) is 33.4 Å². The molecule has 0 spiro atoms. The second kappa shape index (κ2) is 13.0. The third-order valence-corrected chi connectivity index (χ3v) is 13.4. The van der Waals surface area contributed by atoms with Gasteiger partial charge in [0.15, 0.2) is 0 Å². The van der Waals surface area contributed by atoms with E-state index in [1.54, 1.807) is 0 Å². The Morgan fingerprint density at radius 3 is 1.58 bits per heavy atom. The van der Waals surface area contributed by atoms with Crippen LogP contribution in [-0.2, 0) is 10.8 Å². The number of para-hydroxylation sites is 2. The molecule has 0 N–H and O–H groups in total. The van der Waals surface area contributed by atoms with E-state index in [1.807, 2.05) is 6.07 Å². The van der Waals surface area contributed by atoms with Crippen LogP contribution in [0.1, 0.15) is 47.2 Å². The molecule has 0 radical (unpaired) electrons. The largest absolute Gasteiger partial charge is 0.455 e. The molecule has 2 nitrogen and oxygen atoms in total. The zero-order valence-corrected chi connectivity index (χ0v) is 33.6. The second-order valence-electron chi connectivity index (χ2n) is 16.8. The lowest BCUT2D eigenvalue weighted by molar-refractivity contribution is 0.660. The van der Waals surface area contributed by atoms with Gasteiger partial charge in [0.1, 0.15) is 11.2 Å². The van der Waals surface area contributed by atoms with Crippen molar-refractivity contribution in [2.75, 3.05) is 4.90 Å². The van der Waals surface area contributed by atoms with E-state index in [2.05, 4.69) is 225 Å². The molecular formula is C58H41NO. The predicted octanol–water partition coefficient (Wildman–Crippen LogP) is 15.4. The molecule has 284 valence electrons. The van der Waals surface area contributed by atoms with Crippen LogP contribution in [-0.4, -0.2) is 0 Å². The maximum atomic E-state index is 6.52. The molecule has 12 rings (SSSR count). The molecule has 0 aliphatic heterocycles. The Hall–Kier alpha value is -7.42. The maximum absolute atomic E-state index is 6.52. The summed E-state index contributed by atoms with van der Waals surface area (Å²) in [5, 5.41) is 2.27. The average molecular weight is 768 g/mol. The van der Waals surface area contributed by atoms with Gasteiger partial charge in [-0.25, -0.2) is 0 Å².